The maximum atomic E-state index is 12.0. The molecule has 2 aliphatic rings. The summed E-state index contributed by atoms with van der Waals surface area (Å²) in [7, 11) is -2.52. The Labute approximate surface area is 285 Å². The van der Waals surface area contributed by atoms with Crippen LogP contribution in [0.4, 0.5) is 5.69 Å². The number of carboxylic acid groups (broad SMARTS) is 1. The van der Waals surface area contributed by atoms with Crippen molar-refractivity contribution >= 4 is 37.3 Å². The molecule has 48 heavy (non-hydrogen) atoms. The molecular formula is C37H51N3O7Si. The number of rotatable bonds is 15. The van der Waals surface area contributed by atoms with Crippen LogP contribution in [0.3, 0.4) is 0 Å². The Morgan fingerprint density at radius 1 is 0.896 bits per heavy atom. The van der Waals surface area contributed by atoms with E-state index in [4.69, 9.17) is 17.7 Å². The fourth-order valence-corrected chi connectivity index (χ4v) is 8.27. The molecule has 4 rings (SSSR count). The van der Waals surface area contributed by atoms with Crippen molar-refractivity contribution in [3.8, 4) is 22.5 Å². The lowest BCUT2D eigenvalue weighted by molar-refractivity contribution is -0.118. The van der Waals surface area contributed by atoms with Crippen molar-refractivity contribution in [1.29, 1.82) is 0 Å². The Balaban J connectivity index is 0.000000315. The van der Waals surface area contributed by atoms with Crippen LogP contribution in [0.5, 0.6) is 0 Å². The Bertz CT molecular complexity index is 1700. The highest BCUT2D eigenvalue weighted by Crippen LogP contribution is 2.42. The van der Waals surface area contributed by atoms with Crippen LogP contribution in [0.2, 0.25) is 6.04 Å². The molecule has 0 unspecified atom stereocenters. The van der Waals surface area contributed by atoms with Crippen LogP contribution >= 0.6 is 0 Å². The third-order valence-electron chi connectivity index (χ3n) is 7.63. The van der Waals surface area contributed by atoms with E-state index in [0.29, 0.717) is 49.8 Å². The van der Waals surface area contributed by atoms with Crippen LogP contribution < -0.4 is 16.0 Å². The van der Waals surface area contributed by atoms with Gasteiger partial charge >= 0.3 is 14.8 Å². The second-order valence-corrected chi connectivity index (χ2v) is 13.9. The van der Waals surface area contributed by atoms with Gasteiger partial charge in [0.2, 0.25) is 5.91 Å². The topological polar surface area (TPSA) is 132 Å². The maximum Gasteiger partial charge on any atom is 0.500 e. The van der Waals surface area contributed by atoms with Crippen LogP contribution in [0.25, 0.3) is 33.4 Å². The average Bonchev–Trinajstić information content (AvgIpc) is 3.04. The second kappa shape index (κ2) is 18.5. The van der Waals surface area contributed by atoms with Crippen molar-refractivity contribution in [2.24, 2.45) is 4.99 Å². The Hall–Kier alpha value is -4.03. The molecule has 0 saturated heterocycles. The number of benzene rings is 3. The summed E-state index contributed by atoms with van der Waals surface area (Å²) in [6.07, 6.45) is 0.811. The predicted molar refractivity (Wildman–Crippen MR) is 194 cm³/mol. The number of anilines is 1. The van der Waals surface area contributed by atoms with Gasteiger partial charge in [0.1, 0.15) is 11.3 Å². The lowest BCUT2D eigenvalue weighted by Gasteiger charge is -2.28. The third-order valence-corrected chi connectivity index (χ3v) is 10.8. The highest BCUT2D eigenvalue weighted by Gasteiger charge is 2.39. The lowest BCUT2D eigenvalue weighted by Crippen LogP contribution is -2.46. The second-order valence-electron chi connectivity index (χ2n) is 11.2. The molecule has 0 radical (unpaired) electrons. The summed E-state index contributed by atoms with van der Waals surface area (Å²) < 4.78 is 23.4. The van der Waals surface area contributed by atoms with E-state index >= 15 is 0 Å². The number of fused-ring (bicyclic) bond motifs is 2. The normalized spacial score (nSPS) is 11.8. The number of carboxylic acids is 1. The first-order valence-electron chi connectivity index (χ1n) is 16.8. The fourth-order valence-electron chi connectivity index (χ4n) is 5.66. The molecule has 2 aromatic rings. The minimum atomic E-state index is -2.52. The number of nitrogens with zero attached hydrogens (tertiary/aromatic N) is 1. The monoisotopic (exact) mass is 677 g/mol. The molecule has 0 atom stereocenters. The van der Waals surface area contributed by atoms with Crippen LogP contribution in [-0.4, -0.2) is 65.2 Å². The Morgan fingerprint density at radius 3 is 2.15 bits per heavy atom. The molecule has 0 aromatic heterocycles. The molecule has 260 valence electrons. The van der Waals surface area contributed by atoms with Gasteiger partial charge in [-0.25, -0.2) is 4.79 Å². The number of hydrogen-bond acceptors (Lipinski definition) is 8. The molecule has 0 fully saturated rings. The van der Waals surface area contributed by atoms with Gasteiger partial charge in [0.05, 0.1) is 10.9 Å². The van der Waals surface area contributed by atoms with Crippen molar-refractivity contribution in [2.45, 2.75) is 67.9 Å². The molecular weight excluding hydrogens is 627 g/mol. The summed E-state index contributed by atoms with van der Waals surface area (Å²) in [6, 6.07) is 15.9. The van der Waals surface area contributed by atoms with Gasteiger partial charge in [-0.1, -0.05) is 18.2 Å². The summed E-state index contributed by atoms with van der Waals surface area (Å²) in [5.74, 6) is -0.277. The molecule has 0 saturated carbocycles. The molecule has 0 bridgehead atoms. The SMILES string of the molecule is CCN=c1cc2oc3cc(NCC)c(C)cc3c(-c3ccccc3C(=O)O)c-2cc1C.CCO[Si](CCCNC(C)=O)(OCC)OCC. The third kappa shape index (κ3) is 9.76. The van der Waals surface area contributed by atoms with E-state index in [1.165, 1.54) is 6.92 Å². The minimum Gasteiger partial charge on any atom is -0.478 e. The first-order chi connectivity index (χ1) is 23.0. The van der Waals surface area contributed by atoms with E-state index in [1.54, 1.807) is 12.1 Å². The molecule has 1 heterocycles. The molecule has 1 aliphatic carbocycles. The highest BCUT2D eigenvalue weighted by atomic mass is 28.4. The van der Waals surface area contributed by atoms with Gasteiger partial charge in [-0.2, -0.15) is 0 Å². The Kier molecular flexibility index (Phi) is 14.8. The Morgan fingerprint density at radius 2 is 1.56 bits per heavy atom. The van der Waals surface area contributed by atoms with Crippen molar-refractivity contribution in [3.63, 3.8) is 0 Å². The van der Waals surface area contributed by atoms with E-state index in [1.807, 2.05) is 71.9 Å². The number of carbonyl (C=O) groups excluding carboxylic acids is 1. The number of hydrogen-bond donors (Lipinski definition) is 3. The number of amides is 1. The van der Waals surface area contributed by atoms with Crippen LogP contribution in [-0.2, 0) is 18.1 Å². The lowest BCUT2D eigenvalue weighted by atomic mass is 9.89. The highest BCUT2D eigenvalue weighted by molar-refractivity contribution is 6.60. The zero-order valence-corrected chi connectivity index (χ0v) is 30.6. The molecule has 2 aromatic carbocycles. The molecule has 3 N–H and O–H groups in total. The van der Waals surface area contributed by atoms with Crippen molar-refractivity contribution < 1.29 is 32.4 Å². The molecule has 1 aliphatic heterocycles. The summed E-state index contributed by atoms with van der Waals surface area (Å²) in [6.45, 7) is 19.3. The summed E-state index contributed by atoms with van der Waals surface area (Å²) >= 11 is 0. The maximum absolute atomic E-state index is 12.0. The van der Waals surface area contributed by atoms with Crippen LogP contribution in [0, 0.1) is 13.8 Å². The van der Waals surface area contributed by atoms with Gasteiger partial charge in [-0.15, -0.1) is 0 Å². The standard InChI is InChI=1S/C26H26N2O3.C11H25NO4Si/c1-5-27-21-13-23-19(11-15(21)3)25(17-9-7-8-10-18(17)26(29)30)20-12-16(4)22(28-6-2)14-24(20)31-23;1-5-14-17(15-6-2,16-7-3)10-8-9-12-11(4)13/h7-14,27H,5-6H2,1-4H3,(H,29,30);5-10H2,1-4H3,(H,12,13). The smallest absolute Gasteiger partial charge is 0.478 e. The van der Waals surface area contributed by atoms with Gasteiger partial charge in [0.25, 0.3) is 0 Å². The quantitative estimate of drug-likeness (QED) is 0.0673. The number of aryl methyl sites for hydroxylation is 2. The number of aromatic carboxylic acids is 1. The van der Waals surface area contributed by atoms with E-state index < -0.39 is 14.8 Å². The first-order valence-corrected chi connectivity index (χ1v) is 18.7. The van der Waals surface area contributed by atoms with Crippen molar-refractivity contribution in [2.75, 3.05) is 44.8 Å². The van der Waals surface area contributed by atoms with Gasteiger partial charge in [0, 0.05) is 86.8 Å². The zero-order valence-electron chi connectivity index (χ0n) is 29.6. The van der Waals surface area contributed by atoms with Gasteiger partial charge < -0.3 is 33.4 Å². The average molecular weight is 678 g/mol. The number of nitrogens with one attached hydrogen (secondary N) is 2. The molecule has 0 spiro atoms. The van der Waals surface area contributed by atoms with E-state index in [-0.39, 0.29) is 11.5 Å². The largest absolute Gasteiger partial charge is 0.500 e. The van der Waals surface area contributed by atoms with Crippen molar-refractivity contribution in [3.05, 3.63) is 70.6 Å². The zero-order chi connectivity index (χ0) is 35.3. The summed E-state index contributed by atoms with van der Waals surface area (Å²) in [4.78, 5) is 27.4. The number of carbonyl (C=O) groups is 2. The molecule has 1 amide bonds. The predicted octanol–water partition coefficient (Wildman–Crippen LogP) is 7.43. The van der Waals surface area contributed by atoms with E-state index in [2.05, 4.69) is 28.6 Å². The van der Waals surface area contributed by atoms with Gasteiger partial charge in [-0.05, 0) is 89.8 Å². The molecule has 11 heteroatoms. The molecule has 10 nitrogen and oxygen atoms in total. The van der Waals surface area contributed by atoms with E-state index in [0.717, 1.165) is 57.7 Å². The van der Waals surface area contributed by atoms with Gasteiger partial charge in [-0.3, -0.25) is 9.79 Å². The minimum absolute atomic E-state index is 0.0125. The first kappa shape index (κ1) is 38.4. The van der Waals surface area contributed by atoms with E-state index in [9.17, 15) is 14.7 Å². The van der Waals surface area contributed by atoms with Gasteiger partial charge in [0.15, 0.2) is 0 Å². The fraction of sp³-hybridized carbons (Fsp3) is 0.432. The van der Waals surface area contributed by atoms with Crippen LogP contribution in [0.1, 0.15) is 69.4 Å². The summed E-state index contributed by atoms with van der Waals surface area (Å²) in [5, 5.41) is 17.8. The summed E-state index contributed by atoms with van der Waals surface area (Å²) in [5.41, 5.74) is 6.50. The van der Waals surface area contributed by atoms with Crippen LogP contribution in [0.15, 0.2) is 57.9 Å². The van der Waals surface area contributed by atoms with Crippen molar-refractivity contribution in [1.82, 2.24) is 5.32 Å².